The summed E-state index contributed by atoms with van der Waals surface area (Å²) in [5.41, 5.74) is -0.536. The van der Waals surface area contributed by atoms with Crippen molar-refractivity contribution in [2.75, 3.05) is 29.4 Å². The molecule has 0 saturated carbocycles. The van der Waals surface area contributed by atoms with Crippen LogP contribution < -0.4 is 9.80 Å². The molecule has 2 aromatic rings. The van der Waals surface area contributed by atoms with Crippen LogP contribution in [0.15, 0.2) is 48.5 Å². The average Bonchev–Trinajstić information content (AvgIpc) is 2.68. The smallest absolute Gasteiger partial charge is 0.322 e. The molecule has 0 aliphatic carbocycles. The normalized spacial score (nSPS) is 15.5. The van der Waals surface area contributed by atoms with E-state index < -0.39 is 37.1 Å². The van der Waals surface area contributed by atoms with Gasteiger partial charge in [-0.3, -0.25) is 14.5 Å². The maximum Gasteiger partial charge on any atom is 0.416 e. The quantitative estimate of drug-likeness (QED) is 0.545. The average molecular weight is 410 g/mol. The summed E-state index contributed by atoms with van der Waals surface area (Å²) in [5, 5.41) is 0. The molecule has 0 unspecified atom stereocenters. The Balaban J connectivity index is 2.26. The molecule has 2 amide bonds. The van der Waals surface area contributed by atoms with E-state index in [0.29, 0.717) is 5.69 Å². The molecular formula is C19H18F3N2O3P. The van der Waals surface area contributed by atoms with Crippen LogP contribution in [0.25, 0.3) is 0 Å². The number of anilines is 3. The number of carbonyl (C=O) groups is 2. The molecule has 0 bridgehead atoms. The second-order valence-corrected chi connectivity index (χ2v) is 10.4. The summed E-state index contributed by atoms with van der Waals surface area (Å²) < 4.78 is 52.2. The van der Waals surface area contributed by atoms with Crippen LogP contribution in [0.5, 0.6) is 0 Å². The molecule has 0 radical (unpaired) electrons. The van der Waals surface area contributed by atoms with Gasteiger partial charge in [0.05, 0.1) is 23.2 Å². The van der Waals surface area contributed by atoms with E-state index in [2.05, 4.69) is 0 Å². The topological polar surface area (TPSA) is 57.7 Å². The zero-order chi connectivity index (χ0) is 20.7. The number of nitrogens with zero attached hydrogens (tertiary/aromatic N) is 2. The predicted octanol–water partition coefficient (Wildman–Crippen LogP) is 4.69. The van der Waals surface area contributed by atoms with Crippen LogP contribution in [0.1, 0.15) is 12.0 Å². The molecule has 1 aliphatic heterocycles. The SMILES string of the molecule is CP(C)(=O)CN1C(=O)CC(=O)N(c2ccccc2)c2cc(C(F)(F)F)ccc21. The van der Waals surface area contributed by atoms with E-state index in [9.17, 15) is 27.3 Å². The van der Waals surface area contributed by atoms with Crippen molar-refractivity contribution in [3.63, 3.8) is 0 Å². The van der Waals surface area contributed by atoms with Gasteiger partial charge in [0.1, 0.15) is 13.6 Å². The lowest BCUT2D eigenvalue weighted by molar-refractivity contribution is -0.137. The summed E-state index contributed by atoms with van der Waals surface area (Å²) in [6.45, 7) is 2.96. The van der Waals surface area contributed by atoms with E-state index in [0.717, 1.165) is 28.0 Å². The van der Waals surface area contributed by atoms with E-state index >= 15 is 0 Å². The summed E-state index contributed by atoms with van der Waals surface area (Å²) in [5.74, 6) is -1.25. The molecule has 0 spiro atoms. The highest BCUT2D eigenvalue weighted by Crippen LogP contribution is 2.45. The molecular weight excluding hydrogens is 392 g/mol. The first-order chi connectivity index (χ1) is 13.0. The Hall–Kier alpha value is -2.60. The highest BCUT2D eigenvalue weighted by molar-refractivity contribution is 7.62. The van der Waals surface area contributed by atoms with Gasteiger partial charge in [0.2, 0.25) is 11.8 Å². The Labute approximate surface area is 160 Å². The Bertz CT molecular complexity index is 970. The largest absolute Gasteiger partial charge is 0.416 e. The standard InChI is InChI=1S/C19H18F3N2O3P/c1-28(2,27)12-23-15-9-8-13(19(20,21)22)10-16(15)24(18(26)11-17(23)25)14-6-4-3-5-7-14/h3-10H,11-12H2,1-2H3. The zero-order valence-electron chi connectivity index (χ0n) is 15.2. The number of hydrogen-bond acceptors (Lipinski definition) is 3. The third-order valence-corrected chi connectivity index (χ3v) is 5.15. The first-order valence-corrected chi connectivity index (χ1v) is 11.2. The molecule has 2 aromatic carbocycles. The fourth-order valence-corrected chi connectivity index (χ4v) is 4.03. The number of alkyl halides is 3. The van der Waals surface area contributed by atoms with E-state index in [-0.39, 0.29) is 17.7 Å². The van der Waals surface area contributed by atoms with E-state index in [1.807, 2.05) is 0 Å². The minimum atomic E-state index is -4.62. The van der Waals surface area contributed by atoms with Crippen molar-refractivity contribution < 1.29 is 27.3 Å². The first-order valence-electron chi connectivity index (χ1n) is 8.41. The van der Waals surface area contributed by atoms with Gasteiger partial charge in [0.25, 0.3) is 0 Å². The van der Waals surface area contributed by atoms with Crippen LogP contribution in [-0.2, 0) is 20.3 Å². The molecule has 0 N–H and O–H groups in total. The van der Waals surface area contributed by atoms with Crippen molar-refractivity contribution >= 4 is 36.0 Å². The molecule has 0 fully saturated rings. The molecule has 0 saturated heterocycles. The van der Waals surface area contributed by atoms with E-state index in [4.69, 9.17) is 0 Å². The second-order valence-electron chi connectivity index (χ2n) is 6.98. The number of halogens is 3. The zero-order valence-corrected chi connectivity index (χ0v) is 16.1. The number of hydrogen-bond donors (Lipinski definition) is 0. The Morgan fingerprint density at radius 2 is 1.61 bits per heavy atom. The molecule has 1 aliphatic rings. The minimum Gasteiger partial charge on any atom is -0.322 e. The van der Waals surface area contributed by atoms with Gasteiger partial charge in [-0.1, -0.05) is 18.2 Å². The third kappa shape index (κ3) is 4.12. The number of para-hydroxylation sites is 1. The summed E-state index contributed by atoms with van der Waals surface area (Å²) in [6.07, 6.45) is -5.32. The van der Waals surface area contributed by atoms with Crippen LogP contribution in [0.2, 0.25) is 0 Å². The van der Waals surface area contributed by atoms with Gasteiger partial charge in [-0.05, 0) is 43.7 Å². The maximum atomic E-state index is 13.3. The third-order valence-electron chi connectivity index (χ3n) is 4.18. The fourth-order valence-electron chi connectivity index (χ4n) is 3.04. The molecule has 0 atom stereocenters. The molecule has 9 heteroatoms. The highest BCUT2D eigenvalue weighted by Gasteiger charge is 2.37. The molecule has 5 nitrogen and oxygen atoms in total. The van der Waals surface area contributed by atoms with Crippen molar-refractivity contribution in [3.05, 3.63) is 54.1 Å². The van der Waals surface area contributed by atoms with Crippen molar-refractivity contribution in [2.45, 2.75) is 12.6 Å². The summed E-state index contributed by atoms with van der Waals surface area (Å²) in [7, 11) is -2.75. The van der Waals surface area contributed by atoms with Gasteiger partial charge in [-0.25, -0.2) is 0 Å². The number of rotatable bonds is 3. The second kappa shape index (κ2) is 7.09. The molecule has 1 heterocycles. The van der Waals surface area contributed by atoms with Crippen molar-refractivity contribution in [3.8, 4) is 0 Å². The van der Waals surface area contributed by atoms with Gasteiger partial charge in [-0.2, -0.15) is 13.2 Å². The summed E-state index contributed by atoms with van der Waals surface area (Å²) >= 11 is 0. The molecule has 148 valence electrons. The van der Waals surface area contributed by atoms with Gasteiger partial charge in [-0.15, -0.1) is 0 Å². The van der Waals surface area contributed by atoms with E-state index in [1.54, 1.807) is 30.3 Å². The van der Waals surface area contributed by atoms with Gasteiger partial charge < -0.3 is 9.46 Å². The van der Waals surface area contributed by atoms with Gasteiger partial charge in [0, 0.05) is 5.69 Å². The Morgan fingerprint density at radius 1 is 0.964 bits per heavy atom. The van der Waals surface area contributed by atoms with E-state index in [1.165, 1.54) is 13.3 Å². The maximum absolute atomic E-state index is 13.3. The molecule has 3 rings (SSSR count). The number of fused-ring (bicyclic) bond motifs is 1. The molecule has 0 aromatic heterocycles. The lowest BCUT2D eigenvalue weighted by atomic mass is 10.1. The Kier molecular flexibility index (Phi) is 5.10. The molecule has 28 heavy (non-hydrogen) atoms. The lowest BCUT2D eigenvalue weighted by Gasteiger charge is -2.27. The lowest BCUT2D eigenvalue weighted by Crippen LogP contribution is -2.32. The van der Waals surface area contributed by atoms with Crippen LogP contribution in [0.3, 0.4) is 0 Å². The number of amides is 2. The number of benzene rings is 2. The monoisotopic (exact) mass is 410 g/mol. The highest BCUT2D eigenvalue weighted by atomic mass is 31.2. The first kappa shape index (κ1) is 20.1. The van der Waals surface area contributed by atoms with Crippen molar-refractivity contribution in [2.24, 2.45) is 0 Å². The van der Waals surface area contributed by atoms with Crippen molar-refractivity contribution in [1.82, 2.24) is 0 Å². The van der Waals surface area contributed by atoms with Crippen molar-refractivity contribution in [1.29, 1.82) is 0 Å². The van der Waals surface area contributed by atoms with Crippen LogP contribution >= 0.6 is 7.14 Å². The van der Waals surface area contributed by atoms with Crippen LogP contribution in [0, 0.1) is 0 Å². The van der Waals surface area contributed by atoms with Gasteiger partial charge >= 0.3 is 6.18 Å². The predicted molar refractivity (Wildman–Crippen MR) is 101 cm³/mol. The minimum absolute atomic E-state index is 0.0645. The summed E-state index contributed by atoms with van der Waals surface area (Å²) in [6, 6.07) is 11.0. The van der Waals surface area contributed by atoms with Gasteiger partial charge in [0.15, 0.2) is 0 Å². The van der Waals surface area contributed by atoms with Crippen LogP contribution in [-0.4, -0.2) is 31.4 Å². The van der Waals surface area contributed by atoms with Crippen LogP contribution in [0.4, 0.5) is 30.2 Å². The number of carbonyl (C=O) groups excluding carboxylic acids is 2. The Morgan fingerprint density at radius 3 is 2.18 bits per heavy atom. The summed E-state index contributed by atoms with van der Waals surface area (Å²) in [4.78, 5) is 27.7. The fraction of sp³-hybridized carbons (Fsp3) is 0.263.